The average Bonchev–Trinajstić information content (AvgIpc) is 2.50. The number of hydrogen-bond donors (Lipinski definition) is 0. The maximum atomic E-state index is 6.00. The van der Waals surface area contributed by atoms with Gasteiger partial charge in [0.15, 0.2) is 0 Å². The number of aromatic nitrogens is 1. The van der Waals surface area contributed by atoms with E-state index in [2.05, 4.69) is 45.0 Å². The number of pyridine rings is 1. The molecule has 0 saturated carbocycles. The van der Waals surface area contributed by atoms with Crippen LogP contribution in [-0.2, 0) is 0 Å². The normalized spacial score (nSPS) is 18.2. The summed E-state index contributed by atoms with van der Waals surface area (Å²) in [5.41, 5.74) is 1.73. The Bertz CT molecular complexity index is 543. The zero-order valence-corrected chi connectivity index (χ0v) is 14.4. The Morgan fingerprint density at radius 3 is 3.00 bits per heavy atom. The smallest absolute Gasteiger partial charge is 0.228 e. The van der Waals surface area contributed by atoms with Gasteiger partial charge in [-0.25, -0.2) is 9.98 Å². The molecule has 1 aromatic rings. The number of aliphatic imine (C=N–C) groups is 1. The number of nitrogens with zero attached hydrogens (tertiary/aromatic N) is 3. The van der Waals surface area contributed by atoms with E-state index in [1.807, 2.05) is 31.3 Å². The molecule has 4 nitrogen and oxygen atoms in total. The second kappa shape index (κ2) is 7.59. The van der Waals surface area contributed by atoms with E-state index in [1.54, 1.807) is 0 Å². The lowest BCUT2D eigenvalue weighted by atomic mass is 10.1. The van der Waals surface area contributed by atoms with Gasteiger partial charge in [-0.2, -0.15) is 0 Å². The number of halogens is 1. The molecule has 0 N–H and O–H groups in total. The fourth-order valence-corrected chi connectivity index (χ4v) is 2.43. The van der Waals surface area contributed by atoms with Crippen LogP contribution in [0.15, 0.2) is 27.7 Å². The summed E-state index contributed by atoms with van der Waals surface area (Å²) < 4.78 is 6.85. The third kappa shape index (κ3) is 4.56. The first-order valence-corrected chi connectivity index (χ1v) is 8.12. The Hall–Kier alpha value is -1.36. The predicted molar refractivity (Wildman–Crippen MR) is 90.5 cm³/mol. The first-order valence-electron chi connectivity index (χ1n) is 7.33. The summed E-state index contributed by atoms with van der Waals surface area (Å²) in [5, 5.41) is 0. The predicted octanol–water partition coefficient (Wildman–Crippen LogP) is 4.25. The minimum Gasteiger partial charge on any atom is -0.473 e. The molecule has 0 amide bonds. The number of hydrogen-bond acceptors (Lipinski definition) is 3. The van der Waals surface area contributed by atoms with Crippen LogP contribution >= 0.6 is 15.9 Å². The van der Waals surface area contributed by atoms with Gasteiger partial charge in [0.2, 0.25) is 5.88 Å². The molecular weight excluding hydrogens is 330 g/mol. The van der Waals surface area contributed by atoms with Crippen molar-refractivity contribution in [3.8, 4) is 5.88 Å². The van der Waals surface area contributed by atoms with E-state index < -0.39 is 0 Å². The van der Waals surface area contributed by atoms with Crippen LogP contribution < -0.4 is 4.74 Å². The molecule has 0 aliphatic heterocycles. The minimum atomic E-state index is 0.221. The molecule has 0 aromatic carbocycles. The highest BCUT2D eigenvalue weighted by Gasteiger charge is 2.15. The third-order valence-electron chi connectivity index (χ3n) is 3.50. The molecule has 0 bridgehead atoms. The van der Waals surface area contributed by atoms with E-state index in [4.69, 9.17) is 4.74 Å². The maximum absolute atomic E-state index is 6.00. The van der Waals surface area contributed by atoms with E-state index in [9.17, 15) is 0 Å². The number of allylic oxidation sites excluding steroid dienone is 1. The van der Waals surface area contributed by atoms with Crippen molar-refractivity contribution < 1.29 is 4.74 Å². The Morgan fingerprint density at radius 1 is 1.52 bits per heavy atom. The lowest BCUT2D eigenvalue weighted by molar-refractivity contribution is 0.181. The highest BCUT2D eigenvalue weighted by Crippen LogP contribution is 2.31. The molecule has 1 unspecified atom stereocenters. The van der Waals surface area contributed by atoms with Crippen molar-refractivity contribution in [2.75, 3.05) is 13.6 Å². The van der Waals surface area contributed by atoms with Crippen LogP contribution in [0.1, 0.15) is 31.9 Å². The Kier molecular flexibility index (Phi) is 5.79. The highest BCUT2D eigenvalue weighted by molar-refractivity contribution is 9.10. The van der Waals surface area contributed by atoms with Crippen LogP contribution in [0.5, 0.6) is 5.88 Å². The molecule has 5 heteroatoms. The maximum Gasteiger partial charge on any atom is 0.228 e. The van der Waals surface area contributed by atoms with E-state index >= 15 is 0 Å². The highest BCUT2D eigenvalue weighted by atomic mass is 79.9. The van der Waals surface area contributed by atoms with Crippen molar-refractivity contribution in [3.05, 3.63) is 28.4 Å². The lowest BCUT2D eigenvalue weighted by Crippen LogP contribution is -2.18. The fraction of sp³-hybridized carbons (Fsp3) is 0.500. The van der Waals surface area contributed by atoms with Crippen molar-refractivity contribution in [1.29, 1.82) is 0 Å². The van der Waals surface area contributed by atoms with Gasteiger partial charge in [-0.1, -0.05) is 12.2 Å². The van der Waals surface area contributed by atoms with Crippen LogP contribution in [0.4, 0.5) is 5.69 Å². The molecule has 1 aliphatic rings. The summed E-state index contributed by atoms with van der Waals surface area (Å²) in [6.45, 7) is 4.97. The van der Waals surface area contributed by atoms with Crippen molar-refractivity contribution in [3.63, 3.8) is 0 Å². The van der Waals surface area contributed by atoms with Gasteiger partial charge in [0.25, 0.3) is 0 Å². The third-order valence-corrected chi connectivity index (χ3v) is 4.07. The van der Waals surface area contributed by atoms with Gasteiger partial charge in [0.1, 0.15) is 6.10 Å². The second-order valence-corrected chi connectivity index (χ2v) is 6.08. The summed E-state index contributed by atoms with van der Waals surface area (Å²) in [5.74, 6) is 0.663. The first kappa shape index (κ1) is 16.0. The molecule has 21 heavy (non-hydrogen) atoms. The van der Waals surface area contributed by atoms with Crippen LogP contribution in [0, 0.1) is 6.92 Å². The summed E-state index contributed by atoms with van der Waals surface area (Å²) in [6, 6.07) is 1.97. The summed E-state index contributed by atoms with van der Waals surface area (Å²) in [6.07, 6.45) is 9.50. The quantitative estimate of drug-likeness (QED) is 0.452. The van der Waals surface area contributed by atoms with E-state index in [-0.39, 0.29) is 6.10 Å². The second-order valence-electron chi connectivity index (χ2n) is 5.22. The van der Waals surface area contributed by atoms with Crippen molar-refractivity contribution >= 4 is 28.0 Å². The molecule has 114 valence electrons. The molecule has 0 radical (unpaired) electrons. The van der Waals surface area contributed by atoms with Crippen LogP contribution in [0.3, 0.4) is 0 Å². The standard InChI is InChI=1S/C16H22BrN3O/c1-4-20(3)11-18-15-10-14(17)16(19-12(15)2)21-13-8-6-5-7-9-13/h5-6,10-11,13H,4,7-9H2,1-3H3. The van der Waals surface area contributed by atoms with Crippen LogP contribution in [-0.4, -0.2) is 35.9 Å². The van der Waals surface area contributed by atoms with Gasteiger partial charge in [-0.15, -0.1) is 0 Å². The fourth-order valence-electron chi connectivity index (χ4n) is 2.04. The van der Waals surface area contributed by atoms with E-state index in [0.717, 1.165) is 41.7 Å². The van der Waals surface area contributed by atoms with Crippen molar-refractivity contribution in [2.24, 2.45) is 4.99 Å². The molecule has 1 aliphatic carbocycles. The van der Waals surface area contributed by atoms with Gasteiger partial charge in [-0.3, -0.25) is 0 Å². The number of aryl methyl sites for hydroxylation is 1. The SMILES string of the molecule is CCN(C)C=Nc1cc(Br)c(OC2CC=CCC2)nc1C. The minimum absolute atomic E-state index is 0.221. The first-order chi connectivity index (χ1) is 10.1. The molecule has 0 fully saturated rings. The monoisotopic (exact) mass is 351 g/mol. The zero-order chi connectivity index (χ0) is 15.2. The summed E-state index contributed by atoms with van der Waals surface area (Å²) in [7, 11) is 2.00. The van der Waals surface area contributed by atoms with E-state index in [0.29, 0.717) is 5.88 Å². The average molecular weight is 352 g/mol. The molecule has 0 spiro atoms. The van der Waals surface area contributed by atoms with Crippen LogP contribution in [0.2, 0.25) is 0 Å². The lowest BCUT2D eigenvalue weighted by Gasteiger charge is -2.20. The van der Waals surface area contributed by atoms with Gasteiger partial charge in [-0.05, 0) is 48.7 Å². The van der Waals surface area contributed by atoms with Gasteiger partial charge >= 0.3 is 0 Å². The Balaban J connectivity index is 2.12. The molecule has 1 aromatic heterocycles. The number of rotatable bonds is 5. The summed E-state index contributed by atoms with van der Waals surface area (Å²) >= 11 is 3.54. The van der Waals surface area contributed by atoms with Crippen molar-refractivity contribution in [1.82, 2.24) is 9.88 Å². The van der Waals surface area contributed by atoms with Crippen LogP contribution in [0.25, 0.3) is 0 Å². The van der Waals surface area contributed by atoms with Gasteiger partial charge in [0.05, 0.1) is 22.2 Å². The van der Waals surface area contributed by atoms with Gasteiger partial charge in [0, 0.05) is 20.0 Å². The molecule has 1 heterocycles. The topological polar surface area (TPSA) is 37.7 Å². The molecular formula is C16H22BrN3O. The largest absolute Gasteiger partial charge is 0.473 e. The van der Waals surface area contributed by atoms with Crippen molar-refractivity contribution in [2.45, 2.75) is 39.2 Å². The Labute approximate surface area is 135 Å². The number of ether oxygens (including phenoxy) is 1. The summed E-state index contributed by atoms with van der Waals surface area (Å²) in [4.78, 5) is 11.0. The molecule has 1 atom stereocenters. The van der Waals surface area contributed by atoms with Gasteiger partial charge < -0.3 is 9.64 Å². The molecule has 0 saturated heterocycles. The molecule has 2 rings (SSSR count). The van der Waals surface area contributed by atoms with E-state index in [1.165, 1.54) is 0 Å². The zero-order valence-electron chi connectivity index (χ0n) is 12.8. The Morgan fingerprint density at radius 2 is 2.33 bits per heavy atom.